The van der Waals surface area contributed by atoms with Gasteiger partial charge in [-0.25, -0.2) is 0 Å². The van der Waals surface area contributed by atoms with E-state index in [0.29, 0.717) is 25.8 Å². The first-order chi connectivity index (χ1) is 12.8. The van der Waals surface area contributed by atoms with E-state index < -0.39 is 6.10 Å². The van der Waals surface area contributed by atoms with Crippen LogP contribution in [0.2, 0.25) is 0 Å². The van der Waals surface area contributed by atoms with Gasteiger partial charge in [0.15, 0.2) is 0 Å². The van der Waals surface area contributed by atoms with E-state index in [4.69, 9.17) is 9.47 Å². The summed E-state index contributed by atoms with van der Waals surface area (Å²) in [6, 6.07) is 18.2. The molecule has 1 unspecified atom stereocenters. The molecule has 0 amide bonds. The van der Waals surface area contributed by atoms with Gasteiger partial charge in [-0.1, -0.05) is 49.6 Å². The molecule has 1 atom stereocenters. The molecular formula is C22H29NO3. The van der Waals surface area contributed by atoms with Gasteiger partial charge in [0.1, 0.15) is 30.8 Å². The van der Waals surface area contributed by atoms with Crippen LogP contribution in [0, 0.1) is 0 Å². The van der Waals surface area contributed by atoms with E-state index in [-0.39, 0.29) is 0 Å². The summed E-state index contributed by atoms with van der Waals surface area (Å²) >= 11 is 0. The Morgan fingerprint density at radius 1 is 0.885 bits per heavy atom. The van der Waals surface area contributed by atoms with Crippen LogP contribution in [0.25, 0.3) is 0 Å². The second kappa shape index (κ2) is 10.2. The van der Waals surface area contributed by atoms with Crippen molar-refractivity contribution in [1.29, 1.82) is 0 Å². The summed E-state index contributed by atoms with van der Waals surface area (Å²) in [5.74, 6) is 1.55. The van der Waals surface area contributed by atoms with Gasteiger partial charge in [0.05, 0.1) is 0 Å². The Morgan fingerprint density at radius 2 is 1.54 bits per heavy atom. The minimum absolute atomic E-state index is 0.296. The van der Waals surface area contributed by atoms with Gasteiger partial charge in [0.2, 0.25) is 0 Å². The lowest BCUT2D eigenvalue weighted by Gasteiger charge is -2.24. The van der Waals surface area contributed by atoms with E-state index in [0.717, 1.165) is 17.1 Å². The van der Waals surface area contributed by atoms with Crippen LogP contribution in [-0.2, 0) is 6.61 Å². The number of benzene rings is 2. The summed E-state index contributed by atoms with van der Waals surface area (Å²) in [7, 11) is 0. The standard InChI is InChI=1S/C22H29NO3/c24-20(15-23-19-9-5-2-6-10-19)17-26-22-13-11-21(12-14-22)25-16-18-7-3-1-4-8-18/h1,3-4,7-8,11-14,19-20,23-24H,2,5-6,9-10,15-17H2. The summed E-state index contributed by atoms with van der Waals surface area (Å²) in [5, 5.41) is 13.5. The zero-order chi connectivity index (χ0) is 18.0. The first-order valence-corrected chi connectivity index (χ1v) is 9.60. The number of aliphatic hydroxyl groups is 1. The molecule has 3 rings (SSSR count). The molecule has 0 aromatic heterocycles. The average Bonchev–Trinajstić information content (AvgIpc) is 2.71. The predicted molar refractivity (Wildman–Crippen MR) is 104 cm³/mol. The average molecular weight is 355 g/mol. The third-order valence-corrected chi connectivity index (χ3v) is 4.76. The smallest absolute Gasteiger partial charge is 0.120 e. The first-order valence-electron chi connectivity index (χ1n) is 9.60. The highest BCUT2D eigenvalue weighted by atomic mass is 16.5. The molecule has 1 aliphatic carbocycles. The Kier molecular flexibility index (Phi) is 7.35. The van der Waals surface area contributed by atoms with Crippen molar-refractivity contribution in [3.05, 3.63) is 60.2 Å². The van der Waals surface area contributed by atoms with Crippen LogP contribution < -0.4 is 14.8 Å². The quantitative estimate of drug-likeness (QED) is 0.716. The zero-order valence-electron chi connectivity index (χ0n) is 15.3. The first kappa shape index (κ1) is 18.7. The number of nitrogens with one attached hydrogen (secondary N) is 1. The highest BCUT2D eigenvalue weighted by Gasteiger charge is 2.14. The second-order valence-corrected chi connectivity index (χ2v) is 6.95. The lowest BCUT2D eigenvalue weighted by Crippen LogP contribution is -2.38. The minimum Gasteiger partial charge on any atom is -0.491 e. The van der Waals surface area contributed by atoms with Crippen LogP contribution in [0.1, 0.15) is 37.7 Å². The van der Waals surface area contributed by atoms with Gasteiger partial charge in [-0.15, -0.1) is 0 Å². The normalized spacial score (nSPS) is 16.2. The Hall–Kier alpha value is -2.04. The van der Waals surface area contributed by atoms with Crippen LogP contribution in [0.5, 0.6) is 11.5 Å². The van der Waals surface area contributed by atoms with Gasteiger partial charge in [-0.2, -0.15) is 0 Å². The van der Waals surface area contributed by atoms with Gasteiger partial charge in [0.25, 0.3) is 0 Å². The summed E-state index contributed by atoms with van der Waals surface area (Å²) in [4.78, 5) is 0. The SMILES string of the molecule is OC(CNC1CCCCC1)COc1ccc(OCc2ccccc2)cc1. The molecule has 4 nitrogen and oxygen atoms in total. The van der Waals surface area contributed by atoms with E-state index in [9.17, 15) is 5.11 Å². The van der Waals surface area contributed by atoms with Crippen molar-refractivity contribution in [1.82, 2.24) is 5.32 Å². The maximum Gasteiger partial charge on any atom is 0.120 e. The number of hydrogen-bond donors (Lipinski definition) is 2. The van der Waals surface area contributed by atoms with E-state index in [2.05, 4.69) is 5.32 Å². The molecular weight excluding hydrogens is 326 g/mol. The van der Waals surface area contributed by atoms with Crippen LogP contribution >= 0.6 is 0 Å². The van der Waals surface area contributed by atoms with Crippen molar-refractivity contribution in [3.63, 3.8) is 0 Å². The van der Waals surface area contributed by atoms with E-state index in [1.54, 1.807) is 0 Å². The Morgan fingerprint density at radius 3 is 2.23 bits per heavy atom. The molecule has 0 bridgehead atoms. The third kappa shape index (κ3) is 6.36. The van der Waals surface area contributed by atoms with Crippen molar-refractivity contribution >= 4 is 0 Å². The molecule has 2 aromatic rings. The Bertz CT molecular complexity index is 624. The summed E-state index contributed by atoms with van der Waals surface area (Å²) in [6.45, 7) is 1.43. The monoisotopic (exact) mass is 355 g/mol. The maximum absolute atomic E-state index is 10.1. The molecule has 0 spiro atoms. The lowest BCUT2D eigenvalue weighted by molar-refractivity contribution is 0.102. The summed E-state index contributed by atoms with van der Waals surface area (Å²) < 4.78 is 11.4. The van der Waals surface area contributed by atoms with Crippen molar-refractivity contribution in [2.75, 3.05) is 13.2 Å². The molecule has 2 N–H and O–H groups in total. The Labute approximate surface area is 156 Å². The number of ether oxygens (including phenoxy) is 2. The van der Waals surface area contributed by atoms with Gasteiger partial charge >= 0.3 is 0 Å². The fourth-order valence-electron chi connectivity index (χ4n) is 3.23. The van der Waals surface area contributed by atoms with E-state index in [1.165, 1.54) is 32.1 Å². The second-order valence-electron chi connectivity index (χ2n) is 6.95. The van der Waals surface area contributed by atoms with Gasteiger partial charge in [-0.3, -0.25) is 0 Å². The summed E-state index contributed by atoms with van der Waals surface area (Å²) in [5.41, 5.74) is 1.14. The van der Waals surface area contributed by atoms with Crippen molar-refractivity contribution < 1.29 is 14.6 Å². The van der Waals surface area contributed by atoms with Crippen molar-refractivity contribution in [2.45, 2.75) is 50.9 Å². The molecule has 1 saturated carbocycles. The van der Waals surface area contributed by atoms with E-state index >= 15 is 0 Å². The molecule has 26 heavy (non-hydrogen) atoms. The molecule has 0 saturated heterocycles. The van der Waals surface area contributed by atoms with Gasteiger partial charge in [0, 0.05) is 12.6 Å². The molecule has 2 aromatic carbocycles. The molecule has 1 fully saturated rings. The van der Waals surface area contributed by atoms with Crippen LogP contribution in [0.3, 0.4) is 0 Å². The molecule has 0 radical (unpaired) electrons. The summed E-state index contributed by atoms with van der Waals surface area (Å²) in [6.07, 6.45) is 5.88. The highest BCUT2D eigenvalue weighted by Crippen LogP contribution is 2.19. The zero-order valence-corrected chi connectivity index (χ0v) is 15.3. The molecule has 0 aliphatic heterocycles. The van der Waals surface area contributed by atoms with Gasteiger partial charge in [-0.05, 0) is 42.7 Å². The molecule has 4 heteroatoms. The fourth-order valence-corrected chi connectivity index (χ4v) is 3.23. The molecule has 140 valence electrons. The van der Waals surface area contributed by atoms with Crippen LogP contribution in [0.15, 0.2) is 54.6 Å². The number of hydrogen-bond acceptors (Lipinski definition) is 4. The lowest BCUT2D eigenvalue weighted by atomic mass is 9.95. The van der Waals surface area contributed by atoms with E-state index in [1.807, 2.05) is 54.6 Å². The Balaban J connectivity index is 1.35. The van der Waals surface area contributed by atoms with Crippen LogP contribution in [0.4, 0.5) is 0 Å². The van der Waals surface area contributed by atoms with Crippen molar-refractivity contribution in [3.8, 4) is 11.5 Å². The van der Waals surface area contributed by atoms with Crippen molar-refractivity contribution in [2.24, 2.45) is 0 Å². The number of aliphatic hydroxyl groups excluding tert-OH is 1. The predicted octanol–water partition coefficient (Wildman–Crippen LogP) is 3.93. The maximum atomic E-state index is 10.1. The largest absolute Gasteiger partial charge is 0.491 e. The third-order valence-electron chi connectivity index (χ3n) is 4.76. The topological polar surface area (TPSA) is 50.7 Å². The minimum atomic E-state index is -0.495. The molecule has 1 aliphatic rings. The number of rotatable bonds is 9. The molecule has 0 heterocycles. The van der Waals surface area contributed by atoms with Crippen LogP contribution in [-0.4, -0.2) is 30.4 Å². The highest BCUT2D eigenvalue weighted by molar-refractivity contribution is 5.31. The fraction of sp³-hybridized carbons (Fsp3) is 0.455. The van der Waals surface area contributed by atoms with Gasteiger partial charge < -0.3 is 19.9 Å².